The lowest BCUT2D eigenvalue weighted by Gasteiger charge is -2.24. The van der Waals surface area contributed by atoms with Crippen molar-refractivity contribution >= 4 is 17.4 Å². The van der Waals surface area contributed by atoms with E-state index < -0.39 is 5.60 Å². The maximum atomic E-state index is 12.5. The number of carbonyl (C=O) groups is 1. The monoisotopic (exact) mass is 352 g/mol. The van der Waals surface area contributed by atoms with Crippen LogP contribution in [0, 0.1) is 6.92 Å². The number of hydrogen-bond donors (Lipinski definition) is 2. The minimum atomic E-state index is -0.983. The standard InChI is InChI=1S/C18H20N6O2/c1-13-2-4-14(5-3-13)18(26)8-9-23(11-18)17(25)10-19-15-6-7-16-21-20-12-24(16)22-15/h2-7,12,26H,8-11H2,1H3,(H,19,22). The van der Waals surface area contributed by atoms with Gasteiger partial charge < -0.3 is 15.3 Å². The summed E-state index contributed by atoms with van der Waals surface area (Å²) in [5, 5.41) is 25.9. The number of likely N-dealkylation sites (tertiary alicyclic amines) is 1. The van der Waals surface area contributed by atoms with Gasteiger partial charge >= 0.3 is 0 Å². The Morgan fingerprint density at radius 3 is 2.88 bits per heavy atom. The Bertz CT molecular complexity index is 938. The Balaban J connectivity index is 1.38. The first kappa shape index (κ1) is 16.5. The molecule has 2 aromatic heterocycles. The summed E-state index contributed by atoms with van der Waals surface area (Å²) in [6, 6.07) is 11.3. The highest BCUT2D eigenvalue weighted by Gasteiger charge is 2.39. The van der Waals surface area contributed by atoms with Crippen molar-refractivity contribution in [3.05, 3.63) is 53.9 Å². The molecule has 1 aromatic carbocycles. The zero-order valence-corrected chi connectivity index (χ0v) is 14.5. The first-order valence-electron chi connectivity index (χ1n) is 8.52. The van der Waals surface area contributed by atoms with E-state index >= 15 is 0 Å². The van der Waals surface area contributed by atoms with E-state index in [1.165, 1.54) is 6.33 Å². The Kier molecular flexibility index (Phi) is 4.04. The molecule has 1 fully saturated rings. The summed E-state index contributed by atoms with van der Waals surface area (Å²) in [4.78, 5) is 14.2. The second kappa shape index (κ2) is 6.38. The van der Waals surface area contributed by atoms with E-state index in [-0.39, 0.29) is 12.5 Å². The Hall–Kier alpha value is -3.00. The number of aliphatic hydroxyl groups is 1. The molecule has 0 saturated carbocycles. The van der Waals surface area contributed by atoms with E-state index in [0.29, 0.717) is 31.0 Å². The highest BCUT2D eigenvalue weighted by molar-refractivity contribution is 5.81. The van der Waals surface area contributed by atoms with Crippen LogP contribution in [-0.4, -0.2) is 55.4 Å². The summed E-state index contributed by atoms with van der Waals surface area (Å²) in [6.45, 7) is 2.96. The lowest BCUT2D eigenvalue weighted by atomic mass is 9.92. The molecular weight excluding hydrogens is 332 g/mol. The van der Waals surface area contributed by atoms with Crippen molar-refractivity contribution in [2.75, 3.05) is 25.0 Å². The van der Waals surface area contributed by atoms with Crippen LogP contribution in [0.2, 0.25) is 0 Å². The fraction of sp³-hybridized carbons (Fsp3) is 0.333. The van der Waals surface area contributed by atoms with E-state index in [1.54, 1.807) is 21.5 Å². The van der Waals surface area contributed by atoms with Gasteiger partial charge in [0.15, 0.2) is 5.65 Å². The fourth-order valence-electron chi connectivity index (χ4n) is 3.21. The van der Waals surface area contributed by atoms with Gasteiger partial charge in [-0.3, -0.25) is 4.79 Å². The van der Waals surface area contributed by atoms with Crippen LogP contribution in [-0.2, 0) is 10.4 Å². The molecule has 0 aliphatic carbocycles. The number of aromatic nitrogens is 4. The molecular formula is C18H20N6O2. The number of aryl methyl sites for hydroxylation is 1. The van der Waals surface area contributed by atoms with E-state index in [1.807, 2.05) is 31.2 Å². The van der Waals surface area contributed by atoms with Crippen molar-refractivity contribution in [2.45, 2.75) is 18.9 Å². The van der Waals surface area contributed by atoms with E-state index in [0.717, 1.165) is 11.1 Å². The van der Waals surface area contributed by atoms with Gasteiger partial charge in [-0.05, 0) is 31.0 Å². The molecule has 26 heavy (non-hydrogen) atoms. The molecule has 3 aromatic rings. The third-order valence-electron chi connectivity index (χ3n) is 4.77. The lowest BCUT2D eigenvalue weighted by molar-refractivity contribution is -0.129. The summed E-state index contributed by atoms with van der Waals surface area (Å²) in [5.41, 5.74) is 1.66. The SMILES string of the molecule is Cc1ccc(C2(O)CCN(C(=O)CNc3ccc4nncn4n3)C2)cc1. The topological polar surface area (TPSA) is 95.7 Å². The molecule has 1 aliphatic rings. The van der Waals surface area contributed by atoms with Crippen molar-refractivity contribution in [1.29, 1.82) is 0 Å². The molecule has 3 heterocycles. The first-order valence-corrected chi connectivity index (χ1v) is 8.52. The number of β-amino-alcohol motifs (C(OH)–C–C–N with tert-alkyl or cyclic N) is 1. The number of benzene rings is 1. The molecule has 0 bridgehead atoms. The van der Waals surface area contributed by atoms with Crippen LogP contribution in [0.4, 0.5) is 5.82 Å². The predicted molar refractivity (Wildman–Crippen MR) is 95.5 cm³/mol. The maximum Gasteiger partial charge on any atom is 0.242 e. The predicted octanol–water partition coefficient (Wildman–Crippen LogP) is 0.965. The number of hydrogen-bond acceptors (Lipinski definition) is 6. The highest BCUT2D eigenvalue weighted by atomic mass is 16.3. The molecule has 0 spiro atoms. The van der Waals surface area contributed by atoms with Gasteiger partial charge in [-0.1, -0.05) is 29.8 Å². The zero-order valence-electron chi connectivity index (χ0n) is 14.5. The van der Waals surface area contributed by atoms with Crippen LogP contribution in [0.25, 0.3) is 5.65 Å². The molecule has 0 radical (unpaired) electrons. The first-order chi connectivity index (χ1) is 12.5. The van der Waals surface area contributed by atoms with E-state index in [4.69, 9.17) is 0 Å². The van der Waals surface area contributed by atoms with Crippen LogP contribution < -0.4 is 5.32 Å². The second-order valence-electron chi connectivity index (χ2n) is 6.67. The molecule has 1 saturated heterocycles. The van der Waals surface area contributed by atoms with Crippen molar-refractivity contribution in [3.8, 4) is 0 Å². The summed E-state index contributed by atoms with van der Waals surface area (Å²) in [7, 11) is 0. The normalized spacial score (nSPS) is 19.8. The molecule has 1 amide bonds. The zero-order chi connectivity index (χ0) is 18.1. The Labute approximate surface area is 150 Å². The molecule has 1 atom stereocenters. The number of anilines is 1. The van der Waals surface area contributed by atoms with Gasteiger partial charge in [0.25, 0.3) is 0 Å². The third-order valence-corrected chi connectivity index (χ3v) is 4.77. The molecule has 134 valence electrons. The summed E-state index contributed by atoms with van der Waals surface area (Å²) >= 11 is 0. The van der Waals surface area contributed by atoms with Gasteiger partial charge in [0.05, 0.1) is 13.1 Å². The van der Waals surface area contributed by atoms with Gasteiger partial charge in [0.2, 0.25) is 5.91 Å². The lowest BCUT2D eigenvalue weighted by Crippen LogP contribution is -2.37. The van der Waals surface area contributed by atoms with Gasteiger partial charge in [-0.15, -0.1) is 15.3 Å². The molecule has 1 unspecified atom stereocenters. The smallest absolute Gasteiger partial charge is 0.242 e. The van der Waals surface area contributed by atoms with Crippen molar-refractivity contribution in [2.24, 2.45) is 0 Å². The number of amides is 1. The molecule has 1 aliphatic heterocycles. The minimum absolute atomic E-state index is 0.0707. The van der Waals surface area contributed by atoms with Gasteiger partial charge in [0.1, 0.15) is 17.7 Å². The van der Waals surface area contributed by atoms with Gasteiger partial charge in [0, 0.05) is 6.54 Å². The molecule has 8 nitrogen and oxygen atoms in total. The summed E-state index contributed by atoms with van der Waals surface area (Å²) < 4.78 is 1.54. The average Bonchev–Trinajstić information content (AvgIpc) is 3.27. The minimum Gasteiger partial charge on any atom is -0.383 e. The van der Waals surface area contributed by atoms with Crippen LogP contribution in [0.1, 0.15) is 17.5 Å². The quantitative estimate of drug-likeness (QED) is 0.726. The van der Waals surface area contributed by atoms with Crippen LogP contribution in [0.3, 0.4) is 0 Å². The average molecular weight is 352 g/mol. The van der Waals surface area contributed by atoms with Crippen LogP contribution in [0.15, 0.2) is 42.7 Å². The Morgan fingerprint density at radius 2 is 2.08 bits per heavy atom. The molecule has 8 heteroatoms. The number of carbonyl (C=O) groups excluding carboxylic acids is 1. The summed E-state index contributed by atoms with van der Waals surface area (Å²) in [5.74, 6) is 0.498. The molecule has 2 N–H and O–H groups in total. The number of nitrogens with one attached hydrogen (secondary N) is 1. The van der Waals surface area contributed by atoms with Gasteiger partial charge in [-0.2, -0.15) is 4.52 Å². The third kappa shape index (κ3) is 3.11. The van der Waals surface area contributed by atoms with Crippen LogP contribution >= 0.6 is 0 Å². The van der Waals surface area contributed by atoms with Crippen molar-refractivity contribution < 1.29 is 9.90 Å². The molecule has 4 rings (SSSR count). The number of rotatable bonds is 4. The Morgan fingerprint density at radius 1 is 1.27 bits per heavy atom. The second-order valence-corrected chi connectivity index (χ2v) is 6.67. The van der Waals surface area contributed by atoms with Crippen molar-refractivity contribution in [3.63, 3.8) is 0 Å². The van der Waals surface area contributed by atoms with Crippen molar-refractivity contribution in [1.82, 2.24) is 24.7 Å². The van der Waals surface area contributed by atoms with E-state index in [9.17, 15) is 9.90 Å². The largest absolute Gasteiger partial charge is 0.383 e. The van der Waals surface area contributed by atoms with Crippen LogP contribution in [0.5, 0.6) is 0 Å². The fourth-order valence-corrected chi connectivity index (χ4v) is 3.21. The highest BCUT2D eigenvalue weighted by Crippen LogP contribution is 2.32. The van der Waals surface area contributed by atoms with Gasteiger partial charge in [-0.25, -0.2) is 0 Å². The number of fused-ring (bicyclic) bond motifs is 1. The maximum absolute atomic E-state index is 12.5. The number of nitrogens with zero attached hydrogens (tertiary/aromatic N) is 5. The van der Waals surface area contributed by atoms with E-state index in [2.05, 4.69) is 20.6 Å². The summed E-state index contributed by atoms with van der Waals surface area (Å²) in [6.07, 6.45) is 2.04.